The van der Waals surface area contributed by atoms with Crippen LogP contribution < -0.4 is 0 Å². The number of hydrogen-bond acceptors (Lipinski definition) is 1. The zero-order valence-corrected chi connectivity index (χ0v) is 15.5. The molecule has 0 radical (unpaired) electrons. The molecule has 2 saturated carbocycles. The first-order chi connectivity index (χ1) is 13.3. The van der Waals surface area contributed by atoms with Crippen LogP contribution in [0.5, 0.6) is 0 Å². The Balaban J connectivity index is 1.64. The van der Waals surface area contributed by atoms with Crippen molar-refractivity contribution in [2.24, 2.45) is 0 Å². The molecule has 2 nitrogen and oxygen atoms in total. The SMILES string of the molecule is Fc1ccc(C2(c3[nH]nc(-c4ccccc4)c3C3CCCCC3)CC2)cc1. The van der Waals surface area contributed by atoms with Crippen LogP contribution in [0, 0.1) is 5.82 Å². The fraction of sp³-hybridized carbons (Fsp3) is 0.375. The van der Waals surface area contributed by atoms with Gasteiger partial charge in [0.25, 0.3) is 0 Å². The fourth-order valence-corrected chi connectivity index (χ4v) is 4.90. The largest absolute Gasteiger partial charge is 0.281 e. The average Bonchev–Trinajstić information content (AvgIpc) is 3.41. The van der Waals surface area contributed by atoms with Crippen molar-refractivity contribution in [1.29, 1.82) is 0 Å². The zero-order chi connectivity index (χ0) is 18.3. The third kappa shape index (κ3) is 2.90. The Bertz CT molecular complexity index is 917. The lowest BCUT2D eigenvalue weighted by molar-refractivity contribution is 0.441. The van der Waals surface area contributed by atoms with Gasteiger partial charge in [-0.2, -0.15) is 5.10 Å². The maximum absolute atomic E-state index is 13.5. The predicted octanol–water partition coefficient (Wildman–Crippen LogP) is 6.34. The summed E-state index contributed by atoms with van der Waals surface area (Å²) in [6.45, 7) is 0. The molecule has 2 aliphatic rings. The summed E-state index contributed by atoms with van der Waals surface area (Å²) < 4.78 is 13.5. The molecule has 27 heavy (non-hydrogen) atoms. The Morgan fingerprint density at radius 3 is 2.26 bits per heavy atom. The summed E-state index contributed by atoms with van der Waals surface area (Å²) in [5.41, 5.74) is 6.20. The lowest BCUT2D eigenvalue weighted by Gasteiger charge is -2.26. The third-order valence-corrected chi connectivity index (χ3v) is 6.49. The van der Waals surface area contributed by atoms with Crippen molar-refractivity contribution in [3.63, 3.8) is 0 Å². The second kappa shape index (κ2) is 6.63. The minimum absolute atomic E-state index is 0.0134. The van der Waals surface area contributed by atoms with Crippen LogP contribution in [-0.2, 0) is 5.41 Å². The molecule has 2 aromatic carbocycles. The van der Waals surface area contributed by atoms with Crippen molar-refractivity contribution in [1.82, 2.24) is 10.2 Å². The van der Waals surface area contributed by atoms with E-state index in [9.17, 15) is 4.39 Å². The summed E-state index contributed by atoms with van der Waals surface area (Å²) in [5, 5.41) is 8.25. The molecule has 5 rings (SSSR count). The molecule has 1 heterocycles. The van der Waals surface area contributed by atoms with Crippen LogP contribution in [0.1, 0.15) is 67.7 Å². The molecular formula is C24H25FN2. The lowest BCUT2D eigenvalue weighted by Crippen LogP contribution is -2.15. The average molecular weight is 360 g/mol. The second-order valence-corrected chi connectivity index (χ2v) is 8.15. The van der Waals surface area contributed by atoms with Crippen molar-refractivity contribution in [2.75, 3.05) is 0 Å². The molecule has 1 aromatic heterocycles. The van der Waals surface area contributed by atoms with Gasteiger partial charge >= 0.3 is 0 Å². The molecule has 138 valence electrons. The van der Waals surface area contributed by atoms with Gasteiger partial charge in [0, 0.05) is 22.2 Å². The molecule has 0 spiro atoms. The van der Waals surface area contributed by atoms with Gasteiger partial charge in [-0.3, -0.25) is 5.10 Å². The summed E-state index contributed by atoms with van der Waals surface area (Å²) in [6.07, 6.45) is 8.63. The third-order valence-electron chi connectivity index (χ3n) is 6.49. The molecule has 2 fully saturated rings. The number of aromatic nitrogens is 2. The highest BCUT2D eigenvalue weighted by Gasteiger charge is 2.50. The Kier molecular flexibility index (Phi) is 4.11. The van der Waals surface area contributed by atoms with Gasteiger partial charge in [0.2, 0.25) is 0 Å². The van der Waals surface area contributed by atoms with Crippen LogP contribution in [0.2, 0.25) is 0 Å². The molecule has 0 atom stereocenters. The number of halogens is 1. The normalized spacial score (nSPS) is 19.1. The van der Waals surface area contributed by atoms with Crippen LogP contribution in [-0.4, -0.2) is 10.2 Å². The molecule has 3 heteroatoms. The highest BCUT2D eigenvalue weighted by atomic mass is 19.1. The maximum Gasteiger partial charge on any atom is 0.123 e. The Labute approximate surface area is 159 Å². The lowest BCUT2D eigenvalue weighted by atomic mass is 9.78. The molecule has 2 aliphatic carbocycles. The Morgan fingerprint density at radius 2 is 1.59 bits per heavy atom. The number of H-pyrrole nitrogens is 1. The summed E-state index contributed by atoms with van der Waals surface area (Å²) in [6, 6.07) is 17.6. The van der Waals surface area contributed by atoms with E-state index in [-0.39, 0.29) is 11.2 Å². The molecule has 0 bridgehead atoms. The molecular weight excluding hydrogens is 335 g/mol. The summed E-state index contributed by atoms with van der Waals surface area (Å²) >= 11 is 0. The highest BCUT2D eigenvalue weighted by Crippen LogP contribution is 2.56. The first kappa shape index (κ1) is 16.7. The molecule has 0 amide bonds. The van der Waals surface area contributed by atoms with Gasteiger partial charge in [0.1, 0.15) is 5.82 Å². The number of hydrogen-bond donors (Lipinski definition) is 1. The maximum atomic E-state index is 13.5. The van der Waals surface area contributed by atoms with Crippen molar-refractivity contribution >= 4 is 0 Å². The van der Waals surface area contributed by atoms with E-state index in [2.05, 4.69) is 35.4 Å². The van der Waals surface area contributed by atoms with Gasteiger partial charge in [0.15, 0.2) is 0 Å². The smallest absolute Gasteiger partial charge is 0.123 e. The second-order valence-electron chi connectivity index (χ2n) is 8.15. The quantitative estimate of drug-likeness (QED) is 0.577. The summed E-state index contributed by atoms with van der Waals surface area (Å²) in [4.78, 5) is 0. The zero-order valence-electron chi connectivity index (χ0n) is 15.5. The Hall–Kier alpha value is -2.42. The van der Waals surface area contributed by atoms with Crippen molar-refractivity contribution in [2.45, 2.75) is 56.3 Å². The van der Waals surface area contributed by atoms with Crippen LogP contribution in [0.15, 0.2) is 54.6 Å². The van der Waals surface area contributed by atoms with E-state index in [1.54, 1.807) is 12.1 Å². The predicted molar refractivity (Wildman–Crippen MR) is 106 cm³/mol. The van der Waals surface area contributed by atoms with Crippen LogP contribution in [0.25, 0.3) is 11.3 Å². The van der Waals surface area contributed by atoms with Gasteiger partial charge < -0.3 is 0 Å². The van der Waals surface area contributed by atoms with Crippen molar-refractivity contribution in [3.05, 3.63) is 77.2 Å². The van der Waals surface area contributed by atoms with E-state index in [4.69, 9.17) is 5.10 Å². The van der Waals surface area contributed by atoms with E-state index in [1.165, 1.54) is 54.5 Å². The first-order valence-corrected chi connectivity index (χ1v) is 10.2. The number of nitrogens with one attached hydrogen (secondary N) is 1. The number of benzene rings is 2. The van der Waals surface area contributed by atoms with E-state index in [0.717, 1.165) is 18.5 Å². The van der Waals surface area contributed by atoms with Gasteiger partial charge in [-0.1, -0.05) is 61.7 Å². The summed E-state index contributed by atoms with van der Waals surface area (Å²) in [7, 11) is 0. The van der Waals surface area contributed by atoms with Gasteiger partial charge in [0.05, 0.1) is 5.69 Å². The van der Waals surface area contributed by atoms with Crippen LogP contribution in [0.3, 0.4) is 0 Å². The van der Waals surface area contributed by atoms with Crippen LogP contribution in [0.4, 0.5) is 4.39 Å². The van der Waals surface area contributed by atoms with E-state index in [0.29, 0.717) is 5.92 Å². The van der Waals surface area contributed by atoms with E-state index in [1.807, 2.05) is 12.1 Å². The number of aromatic amines is 1. The molecule has 0 saturated heterocycles. The fourth-order valence-electron chi connectivity index (χ4n) is 4.90. The van der Waals surface area contributed by atoms with E-state index >= 15 is 0 Å². The van der Waals surface area contributed by atoms with Crippen LogP contribution >= 0.6 is 0 Å². The minimum Gasteiger partial charge on any atom is -0.281 e. The monoisotopic (exact) mass is 360 g/mol. The van der Waals surface area contributed by atoms with Crippen molar-refractivity contribution < 1.29 is 4.39 Å². The van der Waals surface area contributed by atoms with Gasteiger partial charge in [-0.25, -0.2) is 4.39 Å². The van der Waals surface area contributed by atoms with E-state index < -0.39 is 0 Å². The molecule has 3 aromatic rings. The Morgan fingerprint density at radius 1 is 0.889 bits per heavy atom. The standard InChI is InChI=1S/C24H25FN2/c25-20-13-11-19(12-14-20)24(15-16-24)23-21(17-7-3-1-4-8-17)22(26-27-23)18-9-5-2-6-10-18/h2,5-6,9-14,17H,1,3-4,7-8,15-16H2,(H,26,27). The van der Waals surface area contributed by atoms with Gasteiger partial charge in [-0.05, 0) is 49.3 Å². The molecule has 0 aliphatic heterocycles. The molecule has 0 unspecified atom stereocenters. The highest BCUT2D eigenvalue weighted by molar-refractivity contribution is 5.67. The van der Waals surface area contributed by atoms with Gasteiger partial charge in [-0.15, -0.1) is 0 Å². The number of rotatable bonds is 4. The van der Waals surface area contributed by atoms with Crippen molar-refractivity contribution in [3.8, 4) is 11.3 Å². The topological polar surface area (TPSA) is 28.7 Å². The first-order valence-electron chi connectivity index (χ1n) is 10.2. The minimum atomic E-state index is -0.170. The molecule has 1 N–H and O–H groups in total. The summed E-state index contributed by atoms with van der Waals surface area (Å²) in [5.74, 6) is 0.400. The number of nitrogens with zero attached hydrogens (tertiary/aromatic N) is 1.